The Balaban J connectivity index is 4.66. The molecule has 0 saturated heterocycles. The van der Waals surface area contributed by atoms with E-state index < -0.39 is 42.5 Å². The fraction of sp³-hybridized carbons (Fsp3) is 0.714. The molecule has 0 aromatic carbocycles. The van der Waals surface area contributed by atoms with Gasteiger partial charge in [-0.15, -0.1) is 0 Å². The number of hydrogen-bond acceptors (Lipinski definition) is 6. The number of aliphatic hydroxyl groups excluding tert-OH is 1. The summed E-state index contributed by atoms with van der Waals surface area (Å²) in [5.74, 6) is -2.36. The number of aliphatic hydroxyl groups is 1. The van der Waals surface area contributed by atoms with E-state index in [0.717, 1.165) is 0 Å². The van der Waals surface area contributed by atoms with Crippen LogP contribution < -0.4 is 16.0 Å². The van der Waals surface area contributed by atoms with E-state index in [-0.39, 0.29) is 12.5 Å². The highest BCUT2D eigenvalue weighted by Crippen LogP contribution is 2.05. The number of aliphatic carboxylic acids is 1. The number of carboxylic acids is 1. The van der Waals surface area contributed by atoms with E-state index >= 15 is 0 Å². The topological polar surface area (TPSA) is 145 Å². The second kappa shape index (κ2) is 10.7. The summed E-state index contributed by atoms with van der Waals surface area (Å²) in [5.41, 5.74) is 0. The second-order valence-electron chi connectivity index (χ2n) is 5.57. The van der Waals surface area contributed by atoms with Gasteiger partial charge in [0.2, 0.25) is 11.8 Å². The van der Waals surface area contributed by atoms with Crippen molar-refractivity contribution in [3.63, 3.8) is 0 Å². The Hall–Kier alpha value is -2.00. The fourth-order valence-corrected chi connectivity index (χ4v) is 1.81. The molecule has 2 amide bonds. The number of carbonyl (C=O) groups is 4. The van der Waals surface area contributed by atoms with Crippen LogP contribution in [0.1, 0.15) is 27.2 Å². The Bertz CT molecular complexity index is 427. The van der Waals surface area contributed by atoms with Crippen LogP contribution in [-0.2, 0) is 19.2 Å². The van der Waals surface area contributed by atoms with Crippen molar-refractivity contribution in [2.75, 3.05) is 13.2 Å². The van der Waals surface area contributed by atoms with Crippen molar-refractivity contribution in [1.82, 2.24) is 16.0 Å². The van der Waals surface area contributed by atoms with Crippen LogP contribution in [0.5, 0.6) is 0 Å². The number of amides is 2. The minimum Gasteiger partial charge on any atom is -0.480 e. The largest absolute Gasteiger partial charge is 0.480 e. The molecule has 0 fully saturated rings. The molecule has 3 atom stereocenters. The molecule has 9 heteroatoms. The molecule has 0 aliphatic carbocycles. The molecule has 23 heavy (non-hydrogen) atoms. The first-order valence-corrected chi connectivity index (χ1v) is 7.34. The van der Waals surface area contributed by atoms with Crippen molar-refractivity contribution in [3.05, 3.63) is 0 Å². The quantitative estimate of drug-likeness (QED) is 0.282. The molecule has 0 spiro atoms. The lowest BCUT2D eigenvalue weighted by Gasteiger charge is -2.22. The fourth-order valence-electron chi connectivity index (χ4n) is 1.81. The molecule has 0 heterocycles. The summed E-state index contributed by atoms with van der Waals surface area (Å²) in [6.45, 7) is 4.49. The molecule has 9 nitrogen and oxygen atoms in total. The average Bonchev–Trinajstić information content (AvgIpc) is 2.47. The molecule has 0 unspecified atom stereocenters. The predicted molar refractivity (Wildman–Crippen MR) is 81.6 cm³/mol. The van der Waals surface area contributed by atoms with Gasteiger partial charge in [-0.2, -0.15) is 0 Å². The average molecular weight is 331 g/mol. The van der Waals surface area contributed by atoms with Gasteiger partial charge >= 0.3 is 5.97 Å². The number of hydrogen-bond donors (Lipinski definition) is 5. The maximum atomic E-state index is 12.2. The number of nitrogens with one attached hydrogen (secondary N) is 3. The van der Waals surface area contributed by atoms with Crippen LogP contribution in [0.2, 0.25) is 0 Å². The zero-order valence-corrected chi connectivity index (χ0v) is 13.5. The highest BCUT2D eigenvalue weighted by Gasteiger charge is 2.26. The minimum absolute atomic E-state index is 0.0109. The van der Waals surface area contributed by atoms with Gasteiger partial charge in [0.05, 0.1) is 19.2 Å². The first kappa shape index (κ1) is 21.0. The van der Waals surface area contributed by atoms with Crippen LogP contribution in [-0.4, -0.2) is 65.6 Å². The Morgan fingerprint density at radius 3 is 2.09 bits per heavy atom. The third-order valence-electron chi connectivity index (χ3n) is 3.02. The smallest absolute Gasteiger partial charge is 0.328 e. The van der Waals surface area contributed by atoms with E-state index in [1.165, 1.54) is 6.92 Å². The molecular weight excluding hydrogens is 306 g/mol. The molecule has 5 N–H and O–H groups in total. The molecule has 0 radical (unpaired) electrons. The highest BCUT2D eigenvalue weighted by molar-refractivity contribution is 5.91. The van der Waals surface area contributed by atoms with E-state index in [1.807, 2.05) is 13.8 Å². The van der Waals surface area contributed by atoms with Crippen molar-refractivity contribution in [1.29, 1.82) is 0 Å². The summed E-state index contributed by atoms with van der Waals surface area (Å²) in [6, 6.07) is -3.05. The molecular formula is C14H25N3O6. The van der Waals surface area contributed by atoms with E-state index in [0.29, 0.717) is 12.7 Å². The highest BCUT2D eigenvalue weighted by atomic mass is 16.4. The maximum absolute atomic E-state index is 12.2. The third kappa shape index (κ3) is 8.27. The lowest BCUT2D eigenvalue weighted by atomic mass is 10.0. The van der Waals surface area contributed by atoms with Crippen LogP contribution in [0.3, 0.4) is 0 Å². The van der Waals surface area contributed by atoms with Gasteiger partial charge < -0.3 is 25.6 Å². The molecule has 0 bridgehead atoms. The van der Waals surface area contributed by atoms with E-state index in [4.69, 9.17) is 10.2 Å². The van der Waals surface area contributed by atoms with E-state index in [2.05, 4.69) is 16.0 Å². The van der Waals surface area contributed by atoms with Crippen molar-refractivity contribution in [2.45, 2.75) is 45.3 Å². The van der Waals surface area contributed by atoms with Crippen LogP contribution >= 0.6 is 0 Å². The molecule has 0 aromatic heterocycles. The van der Waals surface area contributed by atoms with Crippen LogP contribution in [0, 0.1) is 5.92 Å². The number of aldehydes is 1. The minimum atomic E-state index is -1.43. The molecule has 0 aliphatic heterocycles. The third-order valence-corrected chi connectivity index (χ3v) is 3.02. The van der Waals surface area contributed by atoms with E-state index in [1.54, 1.807) is 0 Å². The first-order chi connectivity index (χ1) is 10.7. The first-order valence-electron chi connectivity index (χ1n) is 7.34. The van der Waals surface area contributed by atoms with Crippen LogP contribution in [0.25, 0.3) is 0 Å². The van der Waals surface area contributed by atoms with Crippen molar-refractivity contribution >= 4 is 24.1 Å². The number of rotatable bonds is 11. The lowest BCUT2D eigenvalue weighted by Crippen LogP contribution is -2.55. The predicted octanol–water partition coefficient (Wildman–Crippen LogP) is -1.74. The standard InChI is InChI=1S/C14H25N3O6/c1-8(2)6-10(15-4-5-18)13(21)16-9(3)12(20)17-11(7-19)14(22)23/h5,8-11,15,19H,4,6-7H2,1-3H3,(H,16,21)(H,17,20)(H,22,23)/t9-,10-,11-/m0/s1. The van der Waals surface area contributed by atoms with Gasteiger partial charge in [0.25, 0.3) is 0 Å². The van der Waals surface area contributed by atoms with Crippen LogP contribution in [0.15, 0.2) is 0 Å². The van der Waals surface area contributed by atoms with E-state index in [9.17, 15) is 19.2 Å². The van der Waals surface area contributed by atoms with Crippen molar-refractivity contribution in [3.8, 4) is 0 Å². The maximum Gasteiger partial charge on any atom is 0.328 e. The van der Waals surface area contributed by atoms with Gasteiger partial charge in [-0.3, -0.25) is 14.9 Å². The Morgan fingerprint density at radius 1 is 1.04 bits per heavy atom. The van der Waals surface area contributed by atoms with Gasteiger partial charge in [-0.05, 0) is 19.3 Å². The molecule has 0 saturated carbocycles. The normalized spacial score (nSPS) is 14.7. The summed E-state index contributed by atoms with van der Waals surface area (Å²) < 4.78 is 0. The van der Waals surface area contributed by atoms with Gasteiger partial charge in [0.1, 0.15) is 18.4 Å². The SMILES string of the molecule is CC(C)C[C@H](NCC=O)C(=O)N[C@@H](C)C(=O)N[C@@H](CO)C(=O)O. The molecule has 0 rings (SSSR count). The molecule has 0 aliphatic rings. The number of carboxylic acid groups (broad SMARTS) is 1. The molecule has 0 aromatic rings. The van der Waals surface area contributed by atoms with Crippen molar-refractivity contribution in [2.24, 2.45) is 5.92 Å². The monoisotopic (exact) mass is 331 g/mol. The van der Waals surface area contributed by atoms with Crippen molar-refractivity contribution < 1.29 is 29.4 Å². The lowest BCUT2D eigenvalue weighted by molar-refractivity contribution is -0.143. The summed E-state index contributed by atoms with van der Waals surface area (Å²) in [6.07, 6.45) is 1.11. The summed E-state index contributed by atoms with van der Waals surface area (Å²) in [4.78, 5) is 45.2. The zero-order valence-electron chi connectivity index (χ0n) is 13.5. The number of carbonyl (C=O) groups excluding carboxylic acids is 3. The van der Waals surface area contributed by atoms with Crippen LogP contribution in [0.4, 0.5) is 0 Å². The van der Waals surface area contributed by atoms with Gasteiger partial charge in [0.15, 0.2) is 0 Å². The Morgan fingerprint density at radius 2 is 1.65 bits per heavy atom. The second-order valence-corrected chi connectivity index (χ2v) is 5.57. The van der Waals surface area contributed by atoms with Gasteiger partial charge in [-0.1, -0.05) is 13.8 Å². The molecule has 132 valence electrons. The summed E-state index contributed by atoms with van der Waals surface area (Å²) >= 11 is 0. The summed E-state index contributed by atoms with van der Waals surface area (Å²) in [5, 5.41) is 25.0. The Labute approximate surface area is 134 Å². The Kier molecular flexibility index (Phi) is 9.75. The zero-order chi connectivity index (χ0) is 18.0. The van der Waals surface area contributed by atoms with Gasteiger partial charge in [0, 0.05) is 0 Å². The summed E-state index contributed by atoms with van der Waals surface area (Å²) in [7, 11) is 0. The van der Waals surface area contributed by atoms with Gasteiger partial charge in [-0.25, -0.2) is 4.79 Å².